The van der Waals surface area contributed by atoms with Crippen LogP contribution in [0.5, 0.6) is 0 Å². The highest BCUT2D eigenvalue weighted by molar-refractivity contribution is 5.85. The molecule has 102 valence electrons. The van der Waals surface area contributed by atoms with Gasteiger partial charge in [-0.1, -0.05) is 30.3 Å². The summed E-state index contributed by atoms with van der Waals surface area (Å²) in [7, 11) is 0. The lowest BCUT2D eigenvalue weighted by Gasteiger charge is -2.32. The second-order valence-corrected chi connectivity index (χ2v) is 5.16. The summed E-state index contributed by atoms with van der Waals surface area (Å²) in [5, 5.41) is 13.3. The van der Waals surface area contributed by atoms with Gasteiger partial charge in [-0.2, -0.15) is 0 Å². The SMILES string of the molecule is C=CCCCNC(=O)[C@@]1(O)CCc2ccccc2C1. The van der Waals surface area contributed by atoms with Crippen molar-refractivity contribution in [2.24, 2.45) is 0 Å². The zero-order valence-corrected chi connectivity index (χ0v) is 11.2. The van der Waals surface area contributed by atoms with Gasteiger partial charge in [0.15, 0.2) is 0 Å². The maximum atomic E-state index is 12.1. The van der Waals surface area contributed by atoms with E-state index in [2.05, 4.69) is 18.0 Å². The second-order valence-electron chi connectivity index (χ2n) is 5.16. The molecule has 0 aromatic heterocycles. The Morgan fingerprint density at radius 3 is 2.89 bits per heavy atom. The Balaban J connectivity index is 1.96. The third kappa shape index (κ3) is 3.24. The largest absolute Gasteiger partial charge is 0.380 e. The van der Waals surface area contributed by atoms with Crippen LogP contribution in [0.2, 0.25) is 0 Å². The van der Waals surface area contributed by atoms with Crippen molar-refractivity contribution < 1.29 is 9.90 Å². The van der Waals surface area contributed by atoms with E-state index in [9.17, 15) is 9.90 Å². The monoisotopic (exact) mass is 259 g/mol. The highest BCUT2D eigenvalue weighted by atomic mass is 16.3. The summed E-state index contributed by atoms with van der Waals surface area (Å²) in [6, 6.07) is 8.01. The zero-order chi connectivity index (χ0) is 13.7. The van der Waals surface area contributed by atoms with Gasteiger partial charge in [-0.3, -0.25) is 4.79 Å². The molecule has 1 aromatic rings. The van der Waals surface area contributed by atoms with Crippen LogP contribution in [-0.4, -0.2) is 23.2 Å². The minimum Gasteiger partial charge on any atom is -0.380 e. The predicted octanol–water partition coefficient (Wildman–Crippen LogP) is 1.99. The predicted molar refractivity (Wildman–Crippen MR) is 75.9 cm³/mol. The van der Waals surface area contributed by atoms with Crippen molar-refractivity contribution in [3.8, 4) is 0 Å². The van der Waals surface area contributed by atoms with Gasteiger partial charge in [-0.25, -0.2) is 0 Å². The number of nitrogens with one attached hydrogen (secondary N) is 1. The van der Waals surface area contributed by atoms with Gasteiger partial charge in [-0.05, 0) is 36.8 Å². The highest BCUT2D eigenvalue weighted by Gasteiger charge is 2.38. The van der Waals surface area contributed by atoms with Gasteiger partial charge in [-0.15, -0.1) is 6.58 Å². The first-order valence-corrected chi connectivity index (χ1v) is 6.84. The number of rotatable bonds is 5. The van der Waals surface area contributed by atoms with E-state index >= 15 is 0 Å². The molecule has 19 heavy (non-hydrogen) atoms. The topological polar surface area (TPSA) is 49.3 Å². The van der Waals surface area contributed by atoms with Crippen LogP contribution in [0.25, 0.3) is 0 Å². The number of amides is 1. The molecule has 1 aliphatic carbocycles. The fourth-order valence-electron chi connectivity index (χ4n) is 2.53. The van der Waals surface area contributed by atoms with Crippen molar-refractivity contribution in [2.75, 3.05) is 6.54 Å². The van der Waals surface area contributed by atoms with Crippen LogP contribution in [0.1, 0.15) is 30.4 Å². The van der Waals surface area contributed by atoms with Gasteiger partial charge < -0.3 is 10.4 Å². The molecule has 1 aliphatic rings. The first-order chi connectivity index (χ1) is 9.15. The van der Waals surface area contributed by atoms with E-state index in [4.69, 9.17) is 0 Å². The Kier molecular flexibility index (Phi) is 4.38. The number of unbranched alkanes of at least 4 members (excludes halogenated alkanes) is 1. The summed E-state index contributed by atoms with van der Waals surface area (Å²) >= 11 is 0. The Bertz CT molecular complexity index is 470. The van der Waals surface area contributed by atoms with Gasteiger partial charge >= 0.3 is 0 Å². The summed E-state index contributed by atoms with van der Waals surface area (Å²) in [4.78, 5) is 12.1. The molecule has 1 atom stereocenters. The van der Waals surface area contributed by atoms with Crippen molar-refractivity contribution in [3.05, 3.63) is 48.0 Å². The molecular weight excluding hydrogens is 238 g/mol. The number of fused-ring (bicyclic) bond motifs is 1. The van der Waals surface area contributed by atoms with Crippen LogP contribution < -0.4 is 5.32 Å². The van der Waals surface area contributed by atoms with Crippen LogP contribution in [0.4, 0.5) is 0 Å². The Morgan fingerprint density at radius 1 is 1.42 bits per heavy atom. The van der Waals surface area contributed by atoms with Crippen molar-refractivity contribution in [2.45, 2.75) is 37.7 Å². The zero-order valence-electron chi connectivity index (χ0n) is 11.2. The fraction of sp³-hybridized carbons (Fsp3) is 0.438. The van der Waals surface area contributed by atoms with Crippen LogP contribution in [0.3, 0.4) is 0 Å². The molecular formula is C16H21NO2. The number of allylic oxidation sites excluding steroid dienone is 1. The molecule has 0 fully saturated rings. The van der Waals surface area contributed by atoms with Crippen molar-refractivity contribution >= 4 is 5.91 Å². The first-order valence-electron chi connectivity index (χ1n) is 6.84. The second kappa shape index (κ2) is 6.02. The highest BCUT2D eigenvalue weighted by Crippen LogP contribution is 2.28. The van der Waals surface area contributed by atoms with E-state index in [-0.39, 0.29) is 5.91 Å². The van der Waals surface area contributed by atoms with Crippen molar-refractivity contribution in [3.63, 3.8) is 0 Å². The van der Waals surface area contributed by atoms with Gasteiger partial charge in [0.05, 0.1) is 0 Å². The molecule has 2 rings (SSSR count). The minimum absolute atomic E-state index is 0.244. The van der Waals surface area contributed by atoms with E-state index in [1.165, 1.54) is 5.56 Å². The minimum atomic E-state index is -1.25. The molecule has 0 radical (unpaired) electrons. The van der Waals surface area contributed by atoms with Crippen LogP contribution >= 0.6 is 0 Å². The smallest absolute Gasteiger partial charge is 0.252 e. The average Bonchev–Trinajstić information content (AvgIpc) is 2.43. The Hall–Kier alpha value is -1.61. The standard InChI is InChI=1S/C16H21NO2/c1-2-3-6-11-17-15(18)16(19)10-9-13-7-4-5-8-14(13)12-16/h2,4-5,7-8,19H,1,3,6,9-12H2,(H,17,18)/t16-/m1/s1. The number of carbonyl (C=O) groups is 1. The maximum absolute atomic E-state index is 12.1. The molecule has 0 saturated carbocycles. The van der Waals surface area contributed by atoms with E-state index in [0.29, 0.717) is 19.4 Å². The van der Waals surface area contributed by atoms with Gasteiger partial charge in [0.1, 0.15) is 5.60 Å². The van der Waals surface area contributed by atoms with Crippen LogP contribution in [0.15, 0.2) is 36.9 Å². The van der Waals surface area contributed by atoms with E-state index < -0.39 is 5.60 Å². The quantitative estimate of drug-likeness (QED) is 0.627. The Labute approximate surface area is 114 Å². The summed E-state index contributed by atoms with van der Waals surface area (Å²) in [5.41, 5.74) is 1.08. The van der Waals surface area contributed by atoms with Gasteiger partial charge in [0.25, 0.3) is 5.91 Å². The first kappa shape index (κ1) is 13.8. The average molecular weight is 259 g/mol. The molecule has 3 nitrogen and oxygen atoms in total. The summed E-state index contributed by atoms with van der Waals surface area (Å²) in [5.74, 6) is -0.244. The lowest BCUT2D eigenvalue weighted by atomic mass is 9.80. The molecule has 0 aliphatic heterocycles. The molecule has 2 N–H and O–H groups in total. The molecule has 0 heterocycles. The number of benzene rings is 1. The fourth-order valence-corrected chi connectivity index (χ4v) is 2.53. The molecule has 1 amide bonds. The molecule has 0 saturated heterocycles. The molecule has 1 aromatic carbocycles. The van der Waals surface area contributed by atoms with Crippen LogP contribution in [0, 0.1) is 0 Å². The number of aryl methyl sites for hydroxylation is 1. The number of hydrogen-bond donors (Lipinski definition) is 2. The molecule has 0 unspecified atom stereocenters. The molecule has 0 bridgehead atoms. The number of carbonyl (C=O) groups excluding carboxylic acids is 1. The van der Waals surface area contributed by atoms with Gasteiger partial charge in [0.2, 0.25) is 0 Å². The maximum Gasteiger partial charge on any atom is 0.252 e. The van der Waals surface area contributed by atoms with Crippen LogP contribution in [-0.2, 0) is 17.6 Å². The molecule has 3 heteroatoms. The third-order valence-electron chi connectivity index (χ3n) is 3.70. The van der Waals surface area contributed by atoms with Crippen molar-refractivity contribution in [1.29, 1.82) is 0 Å². The number of aliphatic hydroxyl groups is 1. The van der Waals surface area contributed by atoms with E-state index in [1.54, 1.807) is 0 Å². The summed E-state index contributed by atoms with van der Waals surface area (Å²) in [6.07, 6.45) is 5.24. The van der Waals surface area contributed by atoms with Crippen molar-refractivity contribution in [1.82, 2.24) is 5.32 Å². The van der Waals surface area contributed by atoms with Gasteiger partial charge in [0, 0.05) is 13.0 Å². The normalized spacial score (nSPS) is 21.5. The number of hydrogen-bond acceptors (Lipinski definition) is 2. The van der Waals surface area contributed by atoms with E-state index in [1.807, 2.05) is 24.3 Å². The lowest BCUT2D eigenvalue weighted by molar-refractivity contribution is -0.140. The Morgan fingerprint density at radius 2 is 2.16 bits per heavy atom. The molecule has 0 spiro atoms. The van der Waals surface area contributed by atoms with E-state index in [0.717, 1.165) is 24.8 Å². The summed E-state index contributed by atoms with van der Waals surface area (Å²) in [6.45, 7) is 4.24. The third-order valence-corrected chi connectivity index (χ3v) is 3.70. The lowest BCUT2D eigenvalue weighted by Crippen LogP contribution is -2.50. The summed E-state index contributed by atoms with van der Waals surface area (Å²) < 4.78 is 0.